The van der Waals surface area contributed by atoms with Gasteiger partial charge in [0.25, 0.3) is 0 Å². The molecule has 0 aliphatic heterocycles. The summed E-state index contributed by atoms with van der Waals surface area (Å²) in [5.74, 6) is -0.0212. The summed E-state index contributed by atoms with van der Waals surface area (Å²) in [6.07, 6.45) is 1.89. The second-order valence-electron chi connectivity index (χ2n) is 5.67. The minimum Gasteiger partial charge on any atom is -0.434 e. The molecule has 1 amide bonds. The molecule has 0 bridgehead atoms. The van der Waals surface area contributed by atoms with Gasteiger partial charge in [-0.1, -0.05) is 18.2 Å². The molecule has 2 rings (SSSR count). The number of carbonyl (C=O) groups excluding carboxylic acids is 1. The summed E-state index contributed by atoms with van der Waals surface area (Å²) in [7, 11) is 0. The number of carbonyl (C=O) groups is 1. The summed E-state index contributed by atoms with van der Waals surface area (Å²) in [5.41, 5.74) is 5.62. The Hall–Kier alpha value is -1.69. The van der Waals surface area contributed by atoms with Gasteiger partial charge in [-0.3, -0.25) is 4.79 Å². The Balaban J connectivity index is 2.09. The fraction of sp³-hybridized carbons (Fsp3) is 0.533. The maximum Gasteiger partial charge on any atom is 0.387 e. The Morgan fingerprint density at radius 1 is 1.43 bits per heavy atom. The number of ether oxygens (including phenoxy) is 1. The number of nitrogens with one attached hydrogen (secondary N) is 1. The second kappa shape index (κ2) is 5.97. The molecule has 1 aromatic carbocycles. The maximum absolute atomic E-state index is 12.4. The summed E-state index contributed by atoms with van der Waals surface area (Å²) < 4.78 is 29.3. The van der Waals surface area contributed by atoms with Gasteiger partial charge in [0.05, 0.1) is 11.6 Å². The number of benzene rings is 1. The molecule has 6 heteroatoms. The fourth-order valence-corrected chi connectivity index (χ4v) is 2.34. The van der Waals surface area contributed by atoms with Crippen LogP contribution >= 0.6 is 0 Å². The van der Waals surface area contributed by atoms with Crippen LogP contribution in [0.5, 0.6) is 5.75 Å². The summed E-state index contributed by atoms with van der Waals surface area (Å²) in [6, 6.07) is 5.95. The molecule has 1 fully saturated rings. The van der Waals surface area contributed by atoms with Gasteiger partial charge >= 0.3 is 6.61 Å². The lowest BCUT2D eigenvalue weighted by Gasteiger charge is -2.26. The van der Waals surface area contributed by atoms with E-state index in [1.54, 1.807) is 32.0 Å². The first kappa shape index (κ1) is 15.7. The standard InChI is InChI=1S/C15H20F2N2O2/c1-9(19-13(20)15(2,18)10-7-8-10)11-5-3-4-6-12(11)21-14(16)17/h3-6,9-10,14H,7-8,18H2,1-2H3,(H,19,20). The third kappa shape index (κ3) is 3.69. The highest BCUT2D eigenvalue weighted by Crippen LogP contribution is 2.38. The van der Waals surface area contributed by atoms with Gasteiger partial charge in [0.15, 0.2) is 0 Å². The smallest absolute Gasteiger partial charge is 0.387 e. The van der Waals surface area contributed by atoms with Gasteiger partial charge in [0, 0.05) is 5.56 Å². The van der Waals surface area contributed by atoms with Crippen LogP contribution in [0.4, 0.5) is 8.78 Å². The van der Waals surface area contributed by atoms with Gasteiger partial charge in [-0.05, 0) is 38.7 Å². The highest BCUT2D eigenvalue weighted by atomic mass is 19.3. The first-order valence-corrected chi connectivity index (χ1v) is 6.96. The van der Waals surface area contributed by atoms with Gasteiger partial charge in [-0.2, -0.15) is 8.78 Å². The van der Waals surface area contributed by atoms with Gasteiger partial charge < -0.3 is 15.8 Å². The van der Waals surface area contributed by atoms with E-state index in [1.807, 2.05) is 0 Å². The number of hydrogen-bond donors (Lipinski definition) is 2. The molecule has 0 saturated heterocycles. The van der Waals surface area contributed by atoms with Crippen LogP contribution in [0.3, 0.4) is 0 Å². The predicted octanol–water partition coefficient (Wildman–Crippen LogP) is 2.59. The highest BCUT2D eigenvalue weighted by molar-refractivity contribution is 5.86. The summed E-state index contributed by atoms with van der Waals surface area (Å²) >= 11 is 0. The van der Waals surface area contributed by atoms with Crippen molar-refractivity contribution >= 4 is 5.91 Å². The molecule has 1 aliphatic rings. The molecule has 116 valence electrons. The topological polar surface area (TPSA) is 64.4 Å². The average Bonchev–Trinajstić information content (AvgIpc) is 3.22. The van der Waals surface area contributed by atoms with E-state index in [4.69, 9.17) is 5.73 Å². The van der Waals surface area contributed by atoms with E-state index in [2.05, 4.69) is 10.1 Å². The average molecular weight is 298 g/mol. The van der Waals surface area contributed by atoms with E-state index in [1.165, 1.54) is 6.07 Å². The Labute approximate surface area is 122 Å². The van der Waals surface area contributed by atoms with Crippen molar-refractivity contribution in [2.24, 2.45) is 11.7 Å². The zero-order chi connectivity index (χ0) is 15.6. The van der Waals surface area contributed by atoms with E-state index in [-0.39, 0.29) is 17.6 Å². The van der Waals surface area contributed by atoms with E-state index in [9.17, 15) is 13.6 Å². The Morgan fingerprint density at radius 2 is 2.05 bits per heavy atom. The molecule has 2 unspecified atom stereocenters. The minimum atomic E-state index is -2.90. The van der Waals surface area contributed by atoms with Crippen molar-refractivity contribution in [3.63, 3.8) is 0 Å². The van der Waals surface area contributed by atoms with E-state index < -0.39 is 18.2 Å². The van der Waals surface area contributed by atoms with E-state index in [0.29, 0.717) is 5.56 Å². The Kier molecular flexibility index (Phi) is 4.46. The Bertz CT molecular complexity index is 516. The quantitative estimate of drug-likeness (QED) is 0.848. The van der Waals surface area contributed by atoms with Crippen LogP contribution in [-0.4, -0.2) is 18.1 Å². The molecular weight excluding hydrogens is 278 g/mol. The highest BCUT2D eigenvalue weighted by Gasteiger charge is 2.44. The van der Waals surface area contributed by atoms with Crippen molar-refractivity contribution in [2.45, 2.75) is 44.9 Å². The SMILES string of the molecule is CC(NC(=O)C(C)(N)C1CC1)c1ccccc1OC(F)F. The first-order chi connectivity index (χ1) is 9.82. The monoisotopic (exact) mass is 298 g/mol. The van der Waals surface area contributed by atoms with Crippen molar-refractivity contribution in [1.29, 1.82) is 0 Å². The number of nitrogens with two attached hydrogens (primary N) is 1. The lowest BCUT2D eigenvalue weighted by molar-refractivity contribution is -0.127. The zero-order valence-electron chi connectivity index (χ0n) is 12.1. The molecule has 1 aliphatic carbocycles. The zero-order valence-corrected chi connectivity index (χ0v) is 12.1. The molecule has 1 aromatic rings. The van der Waals surface area contributed by atoms with Crippen molar-refractivity contribution in [3.8, 4) is 5.75 Å². The van der Waals surface area contributed by atoms with Gasteiger partial charge in [0.1, 0.15) is 5.75 Å². The first-order valence-electron chi connectivity index (χ1n) is 6.96. The number of hydrogen-bond acceptors (Lipinski definition) is 3. The molecular formula is C15H20F2N2O2. The van der Waals surface area contributed by atoms with Gasteiger partial charge in [0.2, 0.25) is 5.91 Å². The van der Waals surface area contributed by atoms with Crippen LogP contribution in [0.25, 0.3) is 0 Å². The van der Waals surface area contributed by atoms with Crippen LogP contribution in [-0.2, 0) is 4.79 Å². The molecule has 0 spiro atoms. The number of para-hydroxylation sites is 1. The van der Waals surface area contributed by atoms with Gasteiger partial charge in [-0.25, -0.2) is 0 Å². The molecule has 0 heterocycles. The van der Waals surface area contributed by atoms with Crippen molar-refractivity contribution < 1.29 is 18.3 Å². The largest absolute Gasteiger partial charge is 0.434 e. The lowest BCUT2D eigenvalue weighted by atomic mass is 9.95. The molecule has 2 atom stereocenters. The summed E-state index contributed by atoms with van der Waals surface area (Å²) in [6.45, 7) is 0.517. The molecule has 4 nitrogen and oxygen atoms in total. The van der Waals surface area contributed by atoms with Crippen LogP contribution in [0, 0.1) is 5.92 Å². The van der Waals surface area contributed by atoms with Crippen molar-refractivity contribution in [1.82, 2.24) is 5.32 Å². The van der Waals surface area contributed by atoms with Crippen LogP contribution in [0.15, 0.2) is 24.3 Å². The van der Waals surface area contributed by atoms with Crippen LogP contribution < -0.4 is 15.8 Å². The number of halogens is 2. The third-order valence-electron chi connectivity index (χ3n) is 3.86. The van der Waals surface area contributed by atoms with Crippen molar-refractivity contribution in [3.05, 3.63) is 29.8 Å². The number of amides is 1. The maximum atomic E-state index is 12.4. The molecule has 0 radical (unpaired) electrons. The molecule has 0 aromatic heterocycles. The normalized spacial score (nSPS) is 19.0. The van der Waals surface area contributed by atoms with E-state index >= 15 is 0 Å². The fourth-order valence-electron chi connectivity index (χ4n) is 2.34. The van der Waals surface area contributed by atoms with Crippen LogP contribution in [0.2, 0.25) is 0 Å². The van der Waals surface area contributed by atoms with Crippen molar-refractivity contribution in [2.75, 3.05) is 0 Å². The summed E-state index contributed by atoms with van der Waals surface area (Å²) in [4.78, 5) is 12.2. The molecule has 1 saturated carbocycles. The minimum absolute atomic E-state index is 0.0606. The van der Waals surface area contributed by atoms with E-state index in [0.717, 1.165) is 12.8 Å². The summed E-state index contributed by atoms with van der Waals surface area (Å²) in [5, 5.41) is 2.78. The third-order valence-corrected chi connectivity index (χ3v) is 3.86. The van der Waals surface area contributed by atoms with Gasteiger partial charge in [-0.15, -0.1) is 0 Å². The lowest BCUT2D eigenvalue weighted by Crippen LogP contribution is -2.53. The second-order valence-corrected chi connectivity index (χ2v) is 5.67. The predicted molar refractivity (Wildman–Crippen MR) is 74.9 cm³/mol. The Morgan fingerprint density at radius 3 is 2.62 bits per heavy atom. The molecule has 3 N–H and O–H groups in total. The van der Waals surface area contributed by atoms with Crippen LogP contribution in [0.1, 0.15) is 38.3 Å². The molecule has 21 heavy (non-hydrogen) atoms. The number of alkyl halides is 2. The number of rotatable bonds is 6.